The lowest BCUT2D eigenvalue weighted by atomic mass is 10.0. The molecule has 1 heterocycles. The SMILES string of the molecule is CC(Cc1ccc(F)cc1)NCCCc1ccnc2ccccc12. The summed E-state index contributed by atoms with van der Waals surface area (Å²) in [6, 6.07) is 17.5. The quantitative estimate of drug-likeness (QED) is 0.647. The molecule has 0 radical (unpaired) electrons. The van der Waals surface area contributed by atoms with Gasteiger partial charge in [0.25, 0.3) is 0 Å². The molecule has 1 atom stereocenters. The molecule has 1 unspecified atom stereocenters. The van der Waals surface area contributed by atoms with E-state index in [1.165, 1.54) is 23.1 Å². The fourth-order valence-corrected chi connectivity index (χ4v) is 3.05. The Bertz CT molecular complexity index is 778. The number of hydrogen-bond acceptors (Lipinski definition) is 2. The molecular formula is C21H23FN2. The molecule has 124 valence electrons. The summed E-state index contributed by atoms with van der Waals surface area (Å²) in [6.07, 6.45) is 4.93. The Morgan fingerprint density at radius 3 is 2.67 bits per heavy atom. The van der Waals surface area contributed by atoms with Crippen molar-refractivity contribution in [2.75, 3.05) is 6.54 Å². The predicted octanol–water partition coefficient (Wildman–Crippen LogP) is 4.53. The summed E-state index contributed by atoms with van der Waals surface area (Å²) in [6.45, 7) is 3.14. The van der Waals surface area contributed by atoms with Crippen molar-refractivity contribution in [3.05, 3.63) is 77.7 Å². The summed E-state index contributed by atoms with van der Waals surface area (Å²) in [7, 11) is 0. The van der Waals surface area contributed by atoms with Crippen LogP contribution in [0.5, 0.6) is 0 Å². The van der Waals surface area contributed by atoms with E-state index in [2.05, 4.69) is 41.5 Å². The molecule has 1 N–H and O–H groups in total. The molecule has 0 aliphatic carbocycles. The van der Waals surface area contributed by atoms with Crippen LogP contribution in [0.2, 0.25) is 0 Å². The molecule has 0 spiro atoms. The lowest BCUT2D eigenvalue weighted by Crippen LogP contribution is -2.29. The van der Waals surface area contributed by atoms with E-state index >= 15 is 0 Å². The van der Waals surface area contributed by atoms with Crippen molar-refractivity contribution in [2.45, 2.75) is 32.2 Å². The number of rotatable bonds is 7. The maximum Gasteiger partial charge on any atom is 0.123 e. The maximum absolute atomic E-state index is 12.9. The Morgan fingerprint density at radius 2 is 1.83 bits per heavy atom. The van der Waals surface area contributed by atoms with Crippen LogP contribution in [0.1, 0.15) is 24.5 Å². The number of benzene rings is 2. The van der Waals surface area contributed by atoms with Crippen molar-refractivity contribution in [1.82, 2.24) is 10.3 Å². The number of para-hydroxylation sites is 1. The van der Waals surface area contributed by atoms with Crippen molar-refractivity contribution < 1.29 is 4.39 Å². The predicted molar refractivity (Wildman–Crippen MR) is 97.6 cm³/mol. The zero-order valence-electron chi connectivity index (χ0n) is 14.0. The molecule has 0 aliphatic heterocycles. The van der Waals surface area contributed by atoms with Gasteiger partial charge in [-0.3, -0.25) is 4.98 Å². The standard InChI is InChI=1S/C21H23FN2/c1-16(15-17-8-10-19(22)11-9-17)23-13-4-5-18-12-14-24-21-7-3-2-6-20(18)21/h2-3,6-12,14,16,23H,4-5,13,15H2,1H3. The molecule has 2 aromatic carbocycles. The zero-order valence-corrected chi connectivity index (χ0v) is 14.0. The monoisotopic (exact) mass is 322 g/mol. The molecule has 1 aromatic heterocycles. The lowest BCUT2D eigenvalue weighted by Gasteiger charge is -2.14. The van der Waals surface area contributed by atoms with Gasteiger partial charge in [-0.15, -0.1) is 0 Å². The van der Waals surface area contributed by atoms with Gasteiger partial charge in [0.1, 0.15) is 5.82 Å². The Kier molecular flexibility index (Phi) is 5.55. The summed E-state index contributed by atoms with van der Waals surface area (Å²) in [5.74, 6) is -0.177. The molecular weight excluding hydrogens is 299 g/mol. The van der Waals surface area contributed by atoms with Gasteiger partial charge in [-0.05, 0) is 68.1 Å². The van der Waals surface area contributed by atoms with Crippen LogP contribution in [0.25, 0.3) is 10.9 Å². The molecule has 0 bridgehead atoms. The first-order chi connectivity index (χ1) is 11.7. The summed E-state index contributed by atoms with van der Waals surface area (Å²) in [4.78, 5) is 4.41. The molecule has 3 heteroatoms. The number of hydrogen-bond donors (Lipinski definition) is 1. The summed E-state index contributed by atoms with van der Waals surface area (Å²) < 4.78 is 12.9. The van der Waals surface area contributed by atoms with E-state index in [1.807, 2.05) is 24.4 Å². The van der Waals surface area contributed by atoms with E-state index in [1.54, 1.807) is 0 Å². The third-order valence-corrected chi connectivity index (χ3v) is 4.31. The Labute approximate surface area is 142 Å². The highest BCUT2D eigenvalue weighted by Gasteiger charge is 2.04. The normalized spacial score (nSPS) is 12.4. The first-order valence-electron chi connectivity index (χ1n) is 8.53. The lowest BCUT2D eigenvalue weighted by molar-refractivity contribution is 0.533. The van der Waals surface area contributed by atoms with Gasteiger partial charge in [-0.25, -0.2) is 4.39 Å². The molecule has 0 fully saturated rings. The highest BCUT2D eigenvalue weighted by Crippen LogP contribution is 2.17. The number of pyridine rings is 1. The van der Waals surface area contributed by atoms with E-state index < -0.39 is 0 Å². The third-order valence-electron chi connectivity index (χ3n) is 4.31. The smallest absolute Gasteiger partial charge is 0.123 e. The maximum atomic E-state index is 12.9. The van der Waals surface area contributed by atoms with Crippen molar-refractivity contribution in [2.24, 2.45) is 0 Å². The Morgan fingerprint density at radius 1 is 1.04 bits per heavy atom. The van der Waals surface area contributed by atoms with Gasteiger partial charge in [0.2, 0.25) is 0 Å². The average Bonchev–Trinajstić information content (AvgIpc) is 2.61. The number of nitrogens with one attached hydrogen (secondary N) is 1. The van der Waals surface area contributed by atoms with Crippen LogP contribution in [-0.2, 0) is 12.8 Å². The zero-order chi connectivity index (χ0) is 16.8. The molecule has 0 amide bonds. The minimum atomic E-state index is -0.177. The Hall–Kier alpha value is -2.26. The first-order valence-corrected chi connectivity index (χ1v) is 8.53. The van der Waals surface area contributed by atoms with Gasteiger partial charge >= 0.3 is 0 Å². The fourth-order valence-electron chi connectivity index (χ4n) is 3.05. The van der Waals surface area contributed by atoms with Gasteiger partial charge in [0.15, 0.2) is 0 Å². The number of halogens is 1. The van der Waals surface area contributed by atoms with Gasteiger partial charge in [-0.2, -0.15) is 0 Å². The van der Waals surface area contributed by atoms with Gasteiger partial charge < -0.3 is 5.32 Å². The van der Waals surface area contributed by atoms with Crippen LogP contribution in [0.4, 0.5) is 4.39 Å². The summed E-state index contributed by atoms with van der Waals surface area (Å²) >= 11 is 0. The van der Waals surface area contributed by atoms with E-state index in [4.69, 9.17) is 0 Å². The van der Waals surface area contributed by atoms with Gasteiger partial charge in [0, 0.05) is 17.6 Å². The van der Waals surface area contributed by atoms with E-state index in [0.717, 1.165) is 36.9 Å². The third kappa shape index (κ3) is 4.39. The topological polar surface area (TPSA) is 24.9 Å². The summed E-state index contributed by atoms with van der Waals surface area (Å²) in [5.41, 5.74) is 3.58. The molecule has 0 saturated heterocycles. The highest BCUT2D eigenvalue weighted by molar-refractivity contribution is 5.81. The average molecular weight is 322 g/mol. The van der Waals surface area contributed by atoms with Crippen LogP contribution >= 0.6 is 0 Å². The van der Waals surface area contributed by atoms with E-state index in [0.29, 0.717) is 6.04 Å². The van der Waals surface area contributed by atoms with E-state index in [-0.39, 0.29) is 5.82 Å². The highest BCUT2D eigenvalue weighted by atomic mass is 19.1. The van der Waals surface area contributed by atoms with Crippen LogP contribution < -0.4 is 5.32 Å². The number of aromatic nitrogens is 1. The second-order valence-electron chi connectivity index (χ2n) is 6.28. The van der Waals surface area contributed by atoms with Gasteiger partial charge in [-0.1, -0.05) is 30.3 Å². The largest absolute Gasteiger partial charge is 0.314 e. The minimum Gasteiger partial charge on any atom is -0.314 e. The van der Waals surface area contributed by atoms with Crippen LogP contribution in [0.15, 0.2) is 60.8 Å². The fraction of sp³-hybridized carbons (Fsp3) is 0.286. The molecule has 3 aromatic rings. The number of nitrogens with zero attached hydrogens (tertiary/aromatic N) is 1. The van der Waals surface area contributed by atoms with Crippen molar-refractivity contribution in [3.63, 3.8) is 0 Å². The molecule has 0 saturated carbocycles. The number of fused-ring (bicyclic) bond motifs is 1. The second-order valence-corrected chi connectivity index (χ2v) is 6.28. The van der Waals surface area contributed by atoms with Crippen LogP contribution in [0.3, 0.4) is 0 Å². The first kappa shape index (κ1) is 16.6. The van der Waals surface area contributed by atoms with Crippen LogP contribution in [-0.4, -0.2) is 17.6 Å². The molecule has 3 rings (SSSR count). The molecule has 2 nitrogen and oxygen atoms in total. The van der Waals surface area contributed by atoms with Crippen molar-refractivity contribution in [3.8, 4) is 0 Å². The van der Waals surface area contributed by atoms with E-state index in [9.17, 15) is 4.39 Å². The van der Waals surface area contributed by atoms with Crippen molar-refractivity contribution >= 4 is 10.9 Å². The molecule has 24 heavy (non-hydrogen) atoms. The summed E-state index contributed by atoms with van der Waals surface area (Å²) in [5, 5.41) is 4.80. The van der Waals surface area contributed by atoms with Gasteiger partial charge in [0.05, 0.1) is 5.52 Å². The Balaban J connectivity index is 1.47. The van der Waals surface area contributed by atoms with Crippen molar-refractivity contribution in [1.29, 1.82) is 0 Å². The molecule has 0 aliphatic rings. The minimum absolute atomic E-state index is 0.177. The van der Waals surface area contributed by atoms with Crippen LogP contribution in [0, 0.1) is 5.82 Å². The number of aryl methyl sites for hydroxylation is 1. The second kappa shape index (κ2) is 8.02.